The molecule has 2 fully saturated rings. The van der Waals surface area contributed by atoms with Gasteiger partial charge in [0.2, 0.25) is 5.91 Å². The predicted octanol–water partition coefficient (Wildman–Crippen LogP) is 3.91. The molecule has 4 rings (SSSR count). The van der Waals surface area contributed by atoms with Gasteiger partial charge in [0.15, 0.2) is 0 Å². The van der Waals surface area contributed by atoms with Crippen molar-refractivity contribution in [3.63, 3.8) is 0 Å². The quantitative estimate of drug-likeness (QED) is 0.679. The molecule has 2 saturated heterocycles. The van der Waals surface area contributed by atoms with Gasteiger partial charge in [-0.1, -0.05) is 42.5 Å². The summed E-state index contributed by atoms with van der Waals surface area (Å²) < 4.78 is 11.6. The molecule has 31 heavy (non-hydrogen) atoms. The molecule has 0 saturated carbocycles. The Morgan fingerprint density at radius 2 is 1.45 bits per heavy atom. The lowest BCUT2D eigenvalue weighted by molar-refractivity contribution is -0.134. The first-order valence-electron chi connectivity index (χ1n) is 11.5. The second kappa shape index (κ2) is 10.8. The molecule has 0 radical (unpaired) electrons. The SMILES string of the molecule is COc1ccc(CC(=O)N2CCC(OC3CCN(Cc4ccccc4)CC3)CC2)cc1. The lowest BCUT2D eigenvalue weighted by Crippen LogP contribution is -2.44. The molecule has 0 aromatic heterocycles. The Kier molecular flexibility index (Phi) is 7.60. The largest absolute Gasteiger partial charge is 0.497 e. The zero-order valence-corrected chi connectivity index (χ0v) is 18.5. The van der Waals surface area contributed by atoms with Gasteiger partial charge in [0.25, 0.3) is 0 Å². The van der Waals surface area contributed by atoms with Crippen LogP contribution < -0.4 is 4.74 Å². The van der Waals surface area contributed by atoms with Crippen molar-refractivity contribution in [1.29, 1.82) is 0 Å². The molecule has 2 aromatic rings. The third-order valence-corrected chi connectivity index (χ3v) is 6.48. The molecule has 2 aliphatic heterocycles. The lowest BCUT2D eigenvalue weighted by atomic mass is 10.0. The predicted molar refractivity (Wildman–Crippen MR) is 122 cm³/mol. The van der Waals surface area contributed by atoms with E-state index in [1.54, 1.807) is 7.11 Å². The van der Waals surface area contributed by atoms with Crippen LogP contribution in [-0.2, 0) is 22.5 Å². The number of nitrogens with zero attached hydrogens (tertiary/aromatic N) is 2. The van der Waals surface area contributed by atoms with Crippen LogP contribution in [-0.4, -0.2) is 61.2 Å². The molecule has 0 N–H and O–H groups in total. The van der Waals surface area contributed by atoms with Crippen molar-refractivity contribution in [2.24, 2.45) is 0 Å². The summed E-state index contributed by atoms with van der Waals surface area (Å²) in [6.45, 7) is 4.82. The molecule has 0 bridgehead atoms. The fourth-order valence-corrected chi connectivity index (χ4v) is 4.59. The van der Waals surface area contributed by atoms with E-state index in [0.29, 0.717) is 12.5 Å². The maximum absolute atomic E-state index is 12.7. The number of carbonyl (C=O) groups is 1. The second-order valence-electron chi connectivity index (χ2n) is 8.70. The Morgan fingerprint density at radius 1 is 0.839 bits per heavy atom. The highest BCUT2D eigenvalue weighted by atomic mass is 16.5. The molecule has 0 atom stereocenters. The van der Waals surface area contributed by atoms with E-state index < -0.39 is 0 Å². The summed E-state index contributed by atoms with van der Waals surface area (Å²) in [5, 5.41) is 0. The first kappa shape index (κ1) is 21.8. The van der Waals surface area contributed by atoms with E-state index in [1.165, 1.54) is 5.56 Å². The molecular weight excluding hydrogens is 388 g/mol. The number of methoxy groups -OCH3 is 1. The molecule has 0 spiro atoms. The highest BCUT2D eigenvalue weighted by Gasteiger charge is 2.27. The standard InChI is InChI=1S/C26H34N2O3/c1-30-23-9-7-21(8-10-23)19-26(29)28-17-13-25(14-18-28)31-24-11-15-27(16-12-24)20-22-5-3-2-4-6-22/h2-10,24-25H,11-20H2,1H3. The third-order valence-electron chi connectivity index (χ3n) is 6.48. The summed E-state index contributed by atoms with van der Waals surface area (Å²) in [4.78, 5) is 17.2. The number of likely N-dealkylation sites (tertiary alicyclic amines) is 2. The van der Waals surface area contributed by atoms with Gasteiger partial charge in [-0.2, -0.15) is 0 Å². The van der Waals surface area contributed by atoms with Crippen LogP contribution in [0.3, 0.4) is 0 Å². The van der Waals surface area contributed by atoms with Crippen LogP contribution in [0.2, 0.25) is 0 Å². The van der Waals surface area contributed by atoms with Crippen LogP contribution in [0.15, 0.2) is 54.6 Å². The van der Waals surface area contributed by atoms with Crippen molar-refractivity contribution in [1.82, 2.24) is 9.80 Å². The van der Waals surface area contributed by atoms with Gasteiger partial charge in [0, 0.05) is 32.7 Å². The number of ether oxygens (including phenoxy) is 2. The molecule has 5 heteroatoms. The minimum Gasteiger partial charge on any atom is -0.497 e. The Morgan fingerprint density at radius 3 is 2.06 bits per heavy atom. The molecule has 166 valence electrons. The molecule has 2 heterocycles. The average molecular weight is 423 g/mol. The van der Waals surface area contributed by atoms with E-state index >= 15 is 0 Å². The van der Waals surface area contributed by atoms with Crippen LogP contribution in [0, 0.1) is 0 Å². The summed E-state index contributed by atoms with van der Waals surface area (Å²) in [6, 6.07) is 18.5. The minimum absolute atomic E-state index is 0.206. The van der Waals surface area contributed by atoms with Gasteiger partial charge in [-0.05, 0) is 48.9 Å². The van der Waals surface area contributed by atoms with E-state index in [0.717, 1.165) is 69.7 Å². The van der Waals surface area contributed by atoms with Crippen molar-refractivity contribution in [3.05, 3.63) is 65.7 Å². The van der Waals surface area contributed by atoms with Crippen molar-refractivity contribution < 1.29 is 14.3 Å². The molecule has 5 nitrogen and oxygen atoms in total. The monoisotopic (exact) mass is 422 g/mol. The van der Waals surface area contributed by atoms with Crippen LogP contribution in [0.1, 0.15) is 36.8 Å². The number of rotatable bonds is 7. The fourth-order valence-electron chi connectivity index (χ4n) is 4.59. The zero-order chi connectivity index (χ0) is 21.5. The normalized spacial score (nSPS) is 18.8. The Bertz CT molecular complexity index is 808. The number of carbonyl (C=O) groups excluding carboxylic acids is 1. The Labute approximate surface area is 185 Å². The molecule has 0 unspecified atom stereocenters. The molecule has 2 aliphatic rings. The maximum atomic E-state index is 12.7. The van der Waals surface area contributed by atoms with Gasteiger partial charge < -0.3 is 14.4 Å². The number of benzene rings is 2. The molecule has 1 amide bonds. The summed E-state index contributed by atoms with van der Waals surface area (Å²) in [7, 11) is 1.65. The van der Waals surface area contributed by atoms with Gasteiger partial charge in [-0.25, -0.2) is 0 Å². The third kappa shape index (κ3) is 6.31. The summed E-state index contributed by atoms with van der Waals surface area (Å²) in [5.74, 6) is 1.03. The van der Waals surface area contributed by atoms with E-state index in [1.807, 2.05) is 29.2 Å². The molecular formula is C26H34N2O3. The van der Waals surface area contributed by atoms with Crippen molar-refractivity contribution >= 4 is 5.91 Å². The first-order chi connectivity index (χ1) is 15.2. The van der Waals surface area contributed by atoms with E-state index in [-0.39, 0.29) is 12.0 Å². The second-order valence-corrected chi connectivity index (χ2v) is 8.70. The van der Waals surface area contributed by atoms with Crippen LogP contribution in [0.25, 0.3) is 0 Å². The Hall–Kier alpha value is -2.37. The van der Waals surface area contributed by atoms with Gasteiger partial charge in [0.1, 0.15) is 5.75 Å². The highest BCUT2D eigenvalue weighted by Crippen LogP contribution is 2.22. The minimum atomic E-state index is 0.206. The summed E-state index contributed by atoms with van der Waals surface area (Å²) >= 11 is 0. The fraction of sp³-hybridized carbons (Fsp3) is 0.500. The van der Waals surface area contributed by atoms with Gasteiger partial charge in [0.05, 0.1) is 25.7 Å². The van der Waals surface area contributed by atoms with Crippen molar-refractivity contribution in [3.8, 4) is 5.75 Å². The molecule has 0 aliphatic carbocycles. The van der Waals surface area contributed by atoms with E-state index in [9.17, 15) is 4.79 Å². The maximum Gasteiger partial charge on any atom is 0.226 e. The van der Waals surface area contributed by atoms with Crippen LogP contribution in [0.4, 0.5) is 0 Å². The number of hydrogen-bond acceptors (Lipinski definition) is 4. The summed E-state index contributed by atoms with van der Waals surface area (Å²) in [6.07, 6.45) is 5.19. The topological polar surface area (TPSA) is 42.0 Å². The Balaban J connectivity index is 1.15. The van der Waals surface area contributed by atoms with Crippen LogP contribution >= 0.6 is 0 Å². The van der Waals surface area contributed by atoms with E-state index in [2.05, 4.69) is 35.2 Å². The van der Waals surface area contributed by atoms with E-state index in [4.69, 9.17) is 9.47 Å². The lowest BCUT2D eigenvalue weighted by Gasteiger charge is -2.37. The average Bonchev–Trinajstić information content (AvgIpc) is 2.82. The summed E-state index contributed by atoms with van der Waals surface area (Å²) in [5.41, 5.74) is 2.42. The number of hydrogen-bond donors (Lipinski definition) is 0. The molecule has 2 aromatic carbocycles. The van der Waals surface area contributed by atoms with Crippen LogP contribution in [0.5, 0.6) is 5.75 Å². The van der Waals surface area contributed by atoms with Gasteiger partial charge >= 0.3 is 0 Å². The van der Waals surface area contributed by atoms with Gasteiger partial charge in [-0.15, -0.1) is 0 Å². The van der Waals surface area contributed by atoms with Crippen molar-refractivity contribution in [2.75, 3.05) is 33.3 Å². The van der Waals surface area contributed by atoms with Gasteiger partial charge in [-0.3, -0.25) is 9.69 Å². The zero-order valence-electron chi connectivity index (χ0n) is 18.5. The number of amides is 1. The smallest absolute Gasteiger partial charge is 0.226 e. The first-order valence-corrected chi connectivity index (χ1v) is 11.5. The number of piperidine rings is 2. The highest BCUT2D eigenvalue weighted by molar-refractivity contribution is 5.78. The van der Waals surface area contributed by atoms with Crippen molar-refractivity contribution in [2.45, 2.75) is 50.9 Å².